The zero-order valence-electron chi connectivity index (χ0n) is 13.6. The summed E-state index contributed by atoms with van der Waals surface area (Å²) >= 11 is 1.08. The maximum atomic E-state index is 12.1. The van der Waals surface area contributed by atoms with Gasteiger partial charge in [-0.05, 0) is 43.0 Å². The molecule has 2 rings (SSSR count). The number of rotatable bonds is 4. The number of aromatic nitrogens is 1. The Bertz CT molecular complexity index is 737. The van der Waals surface area contributed by atoms with Gasteiger partial charge in [0.25, 0.3) is 0 Å². The molecule has 120 valence electrons. The predicted molar refractivity (Wildman–Crippen MR) is 90.2 cm³/mol. The third-order valence-electron chi connectivity index (χ3n) is 3.16. The largest absolute Gasteiger partial charge is 0.444 e. The second-order valence-corrected chi connectivity index (χ2v) is 7.08. The molecule has 0 unspecified atom stereocenters. The van der Waals surface area contributed by atoms with E-state index in [2.05, 4.69) is 10.3 Å². The molecule has 0 aliphatic heterocycles. The first-order valence-corrected chi connectivity index (χ1v) is 8.04. The summed E-state index contributed by atoms with van der Waals surface area (Å²) in [6, 6.07) is 7.12. The number of hydrogen-bond donors (Lipinski definition) is 1. The van der Waals surface area contributed by atoms with Gasteiger partial charge in [-0.3, -0.25) is 4.79 Å². The number of oxazole rings is 1. The Hall–Kier alpha value is -2.26. The first-order chi connectivity index (χ1) is 10.8. The van der Waals surface area contributed by atoms with Gasteiger partial charge in [-0.25, -0.2) is 4.98 Å². The lowest BCUT2D eigenvalue weighted by Gasteiger charge is -2.12. The molecule has 0 spiro atoms. The number of nitrogens with one attached hydrogen (secondary N) is 1. The molecule has 6 heteroatoms. The molecule has 0 bridgehead atoms. The van der Waals surface area contributed by atoms with Crippen molar-refractivity contribution in [3.8, 4) is 5.40 Å². The summed E-state index contributed by atoms with van der Waals surface area (Å²) < 4.78 is 5.73. The lowest BCUT2D eigenvalue weighted by molar-refractivity contribution is -0.115. The lowest BCUT2D eigenvalue weighted by Crippen LogP contribution is -2.14. The highest BCUT2D eigenvalue weighted by atomic mass is 32.2. The minimum absolute atomic E-state index is 0.142. The van der Waals surface area contributed by atoms with Crippen molar-refractivity contribution in [1.29, 1.82) is 5.26 Å². The lowest BCUT2D eigenvalue weighted by atomic mass is 9.97. The van der Waals surface area contributed by atoms with Crippen LogP contribution in [-0.4, -0.2) is 10.9 Å². The van der Waals surface area contributed by atoms with Gasteiger partial charge in [0.1, 0.15) is 11.2 Å². The normalized spacial score (nSPS) is 11.1. The maximum absolute atomic E-state index is 12.1. The van der Waals surface area contributed by atoms with Crippen molar-refractivity contribution in [2.24, 2.45) is 0 Å². The zero-order valence-corrected chi connectivity index (χ0v) is 14.5. The van der Waals surface area contributed by atoms with E-state index in [0.717, 1.165) is 22.4 Å². The van der Waals surface area contributed by atoms with Crippen LogP contribution in [0.1, 0.15) is 38.1 Å². The van der Waals surface area contributed by atoms with E-state index >= 15 is 0 Å². The summed E-state index contributed by atoms with van der Waals surface area (Å²) in [6.07, 6.45) is 0.142. The van der Waals surface area contributed by atoms with Crippen LogP contribution in [0, 0.1) is 17.6 Å². The monoisotopic (exact) mass is 329 g/mol. The molecular formula is C17H19N3O2S. The average Bonchev–Trinajstić information content (AvgIpc) is 2.83. The predicted octanol–water partition coefficient (Wildman–Crippen LogP) is 4.03. The van der Waals surface area contributed by atoms with E-state index in [4.69, 9.17) is 9.68 Å². The number of hydrogen-bond acceptors (Lipinski definition) is 5. The number of thioether (sulfide) groups is 1. The van der Waals surface area contributed by atoms with E-state index in [1.807, 2.05) is 33.1 Å². The van der Waals surface area contributed by atoms with E-state index in [0.29, 0.717) is 17.3 Å². The Kier molecular flexibility index (Phi) is 5.12. The third kappa shape index (κ3) is 4.60. The first kappa shape index (κ1) is 17.1. The molecule has 5 nitrogen and oxygen atoms in total. The molecule has 0 aliphatic rings. The van der Waals surface area contributed by atoms with Gasteiger partial charge in [0.05, 0.1) is 12.1 Å². The topological polar surface area (TPSA) is 78.9 Å². The number of benzene rings is 1. The van der Waals surface area contributed by atoms with Crippen molar-refractivity contribution in [2.75, 3.05) is 5.32 Å². The SMILES string of the molecule is Cc1nc(C(C)(C)C)oc1CC(=O)Nc1ccc(SC#N)cc1. The number of nitrogens with zero attached hydrogens (tertiary/aromatic N) is 2. The molecule has 1 amide bonds. The van der Waals surface area contributed by atoms with Gasteiger partial charge in [0.2, 0.25) is 5.91 Å². The summed E-state index contributed by atoms with van der Waals surface area (Å²) in [7, 11) is 0. The van der Waals surface area contributed by atoms with E-state index in [-0.39, 0.29) is 17.7 Å². The molecule has 1 heterocycles. The number of amides is 1. The Labute approximate surface area is 140 Å². The minimum atomic E-state index is -0.187. The molecule has 0 fully saturated rings. The molecule has 0 saturated carbocycles. The van der Waals surface area contributed by atoms with E-state index in [1.165, 1.54) is 0 Å². The standard InChI is InChI=1S/C17H19N3O2S/c1-11-14(22-16(19-11)17(2,3)4)9-15(21)20-12-5-7-13(8-6-12)23-10-18/h5-8H,9H2,1-4H3,(H,20,21). The molecule has 0 radical (unpaired) electrons. The number of anilines is 1. The first-order valence-electron chi connectivity index (χ1n) is 7.22. The second-order valence-electron chi connectivity index (χ2n) is 6.22. The van der Waals surface area contributed by atoms with Crippen LogP contribution in [0.25, 0.3) is 0 Å². The van der Waals surface area contributed by atoms with Crippen molar-refractivity contribution in [1.82, 2.24) is 4.98 Å². The highest BCUT2D eigenvalue weighted by molar-refractivity contribution is 8.03. The van der Waals surface area contributed by atoms with Crippen LogP contribution in [-0.2, 0) is 16.6 Å². The van der Waals surface area contributed by atoms with E-state index < -0.39 is 0 Å². The number of thiocyanates is 1. The van der Waals surface area contributed by atoms with Crippen LogP contribution < -0.4 is 5.32 Å². The fraction of sp³-hybridized carbons (Fsp3) is 0.353. The molecule has 1 aromatic carbocycles. The van der Waals surface area contributed by atoms with Crippen LogP contribution in [0.5, 0.6) is 0 Å². The van der Waals surface area contributed by atoms with Crippen molar-refractivity contribution >= 4 is 23.4 Å². The highest BCUT2D eigenvalue weighted by Gasteiger charge is 2.23. The fourth-order valence-corrected chi connectivity index (χ4v) is 2.30. The van der Waals surface area contributed by atoms with E-state index in [9.17, 15) is 4.79 Å². The molecule has 0 saturated heterocycles. The molecule has 1 aromatic heterocycles. The van der Waals surface area contributed by atoms with Gasteiger partial charge in [0.15, 0.2) is 5.89 Å². The molecule has 0 aliphatic carbocycles. The maximum Gasteiger partial charge on any atom is 0.232 e. The molecule has 2 aromatic rings. The Morgan fingerprint density at radius 2 is 2.00 bits per heavy atom. The second kappa shape index (κ2) is 6.88. The number of nitriles is 1. The minimum Gasteiger partial charge on any atom is -0.444 e. The van der Waals surface area contributed by atoms with Gasteiger partial charge in [-0.15, -0.1) is 0 Å². The third-order valence-corrected chi connectivity index (χ3v) is 3.76. The molecular weight excluding hydrogens is 310 g/mol. The summed E-state index contributed by atoms with van der Waals surface area (Å²) in [5.41, 5.74) is 1.24. The van der Waals surface area contributed by atoms with Gasteiger partial charge >= 0.3 is 0 Å². The van der Waals surface area contributed by atoms with Gasteiger partial charge < -0.3 is 9.73 Å². The quantitative estimate of drug-likeness (QED) is 0.676. The van der Waals surface area contributed by atoms with Crippen molar-refractivity contribution in [3.63, 3.8) is 0 Å². The van der Waals surface area contributed by atoms with Crippen LogP contribution in [0.4, 0.5) is 5.69 Å². The van der Waals surface area contributed by atoms with Crippen LogP contribution in [0.3, 0.4) is 0 Å². The number of carbonyl (C=O) groups excluding carboxylic acids is 1. The van der Waals surface area contributed by atoms with Crippen molar-refractivity contribution in [3.05, 3.63) is 41.6 Å². The summed E-state index contributed by atoms with van der Waals surface area (Å²) in [5.74, 6) is 1.06. The zero-order chi connectivity index (χ0) is 17.0. The molecule has 0 atom stereocenters. The summed E-state index contributed by atoms with van der Waals surface area (Å²) in [4.78, 5) is 17.4. The van der Waals surface area contributed by atoms with Gasteiger partial charge in [-0.1, -0.05) is 20.8 Å². The smallest absolute Gasteiger partial charge is 0.232 e. The average molecular weight is 329 g/mol. The van der Waals surface area contributed by atoms with Crippen LogP contribution >= 0.6 is 11.8 Å². The Balaban J connectivity index is 2.02. The summed E-state index contributed by atoms with van der Waals surface area (Å²) in [6.45, 7) is 7.89. The van der Waals surface area contributed by atoms with Gasteiger partial charge in [0, 0.05) is 16.0 Å². The van der Waals surface area contributed by atoms with E-state index in [1.54, 1.807) is 24.3 Å². The van der Waals surface area contributed by atoms with Crippen molar-refractivity contribution in [2.45, 2.75) is 44.4 Å². The van der Waals surface area contributed by atoms with Gasteiger partial charge in [-0.2, -0.15) is 5.26 Å². The molecule has 1 N–H and O–H groups in total. The van der Waals surface area contributed by atoms with Crippen LogP contribution in [0.15, 0.2) is 33.6 Å². The Morgan fingerprint density at radius 1 is 1.35 bits per heavy atom. The summed E-state index contributed by atoms with van der Waals surface area (Å²) in [5, 5.41) is 13.4. The van der Waals surface area contributed by atoms with Crippen LogP contribution in [0.2, 0.25) is 0 Å². The number of carbonyl (C=O) groups is 1. The Morgan fingerprint density at radius 3 is 2.52 bits per heavy atom. The highest BCUT2D eigenvalue weighted by Crippen LogP contribution is 2.24. The molecule has 23 heavy (non-hydrogen) atoms. The number of aryl methyl sites for hydroxylation is 1. The van der Waals surface area contributed by atoms with Crippen molar-refractivity contribution < 1.29 is 9.21 Å². The fourth-order valence-electron chi connectivity index (χ4n) is 1.92.